The van der Waals surface area contributed by atoms with Crippen molar-refractivity contribution in [3.8, 4) is 5.75 Å². The Kier molecular flexibility index (Phi) is 5.86. The van der Waals surface area contributed by atoms with Crippen LogP contribution in [0, 0.1) is 0 Å². The molecular weight excluding hydrogens is 250 g/mol. The Hall–Kier alpha value is -1.06. The van der Waals surface area contributed by atoms with Gasteiger partial charge >= 0.3 is 0 Å². The lowest BCUT2D eigenvalue weighted by atomic mass is 9.93. The molecule has 1 aromatic rings. The van der Waals surface area contributed by atoms with E-state index in [9.17, 15) is 5.11 Å². The summed E-state index contributed by atoms with van der Waals surface area (Å²) in [7, 11) is 0. The highest BCUT2D eigenvalue weighted by atomic mass is 16.5. The summed E-state index contributed by atoms with van der Waals surface area (Å²) in [6.07, 6.45) is 5.08. The van der Waals surface area contributed by atoms with Crippen molar-refractivity contribution in [3.05, 3.63) is 29.8 Å². The number of nitrogens with one attached hydrogen (secondary N) is 1. The largest absolute Gasteiger partial charge is 0.494 e. The first kappa shape index (κ1) is 15.3. The number of piperidine rings is 1. The minimum atomic E-state index is -0.391. The Morgan fingerprint density at radius 3 is 2.70 bits per heavy atom. The molecule has 1 heterocycles. The highest BCUT2D eigenvalue weighted by molar-refractivity contribution is 5.28. The van der Waals surface area contributed by atoms with Crippen LogP contribution in [0.1, 0.15) is 57.6 Å². The van der Waals surface area contributed by atoms with Gasteiger partial charge in [0.25, 0.3) is 0 Å². The van der Waals surface area contributed by atoms with Gasteiger partial charge in [0.05, 0.1) is 12.7 Å². The van der Waals surface area contributed by atoms with E-state index in [0.717, 1.165) is 30.8 Å². The summed E-state index contributed by atoms with van der Waals surface area (Å²) in [4.78, 5) is 0. The molecule has 1 fully saturated rings. The van der Waals surface area contributed by atoms with Gasteiger partial charge in [-0.3, -0.25) is 0 Å². The lowest BCUT2D eigenvalue weighted by molar-refractivity contribution is 0.139. The van der Waals surface area contributed by atoms with Gasteiger partial charge in [0.1, 0.15) is 5.75 Å². The second kappa shape index (κ2) is 7.65. The van der Waals surface area contributed by atoms with Crippen molar-refractivity contribution >= 4 is 0 Å². The van der Waals surface area contributed by atoms with Gasteiger partial charge in [-0.15, -0.1) is 0 Å². The molecule has 0 radical (unpaired) electrons. The fraction of sp³-hybridized carbons (Fsp3) is 0.647. The van der Waals surface area contributed by atoms with E-state index >= 15 is 0 Å². The van der Waals surface area contributed by atoms with Crippen LogP contribution in [0.15, 0.2) is 24.3 Å². The third-order valence-electron chi connectivity index (χ3n) is 3.96. The minimum absolute atomic E-state index is 0.391. The fourth-order valence-electron chi connectivity index (χ4n) is 2.84. The molecule has 3 heteroatoms. The maximum atomic E-state index is 10.3. The van der Waals surface area contributed by atoms with Crippen LogP contribution < -0.4 is 10.1 Å². The Morgan fingerprint density at radius 2 is 2.05 bits per heavy atom. The fourth-order valence-corrected chi connectivity index (χ4v) is 2.84. The summed E-state index contributed by atoms with van der Waals surface area (Å²) in [5, 5.41) is 13.9. The zero-order valence-electron chi connectivity index (χ0n) is 12.6. The summed E-state index contributed by atoms with van der Waals surface area (Å²) in [5.41, 5.74) is 0.980. The standard InChI is InChI=1S/C17H27NO2/c1-3-11-20-16-9-7-14(8-10-16)17(19)12-15-6-4-5-13(2)18-15/h7-10,13,15,17-19H,3-6,11-12H2,1-2H3. The van der Waals surface area contributed by atoms with Crippen LogP contribution in [0.3, 0.4) is 0 Å². The number of ether oxygens (including phenoxy) is 1. The van der Waals surface area contributed by atoms with Crippen LogP contribution in [0.25, 0.3) is 0 Å². The molecule has 1 saturated heterocycles. The highest BCUT2D eigenvalue weighted by Crippen LogP contribution is 2.25. The Morgan fingerprint density at radius 1 is 1.30 bits per heavy atom. The van der Waals surface area contributed by atoms with Crippen LogP contribution in [-0.2, 0) is 0 Å². The van der Waals surface area contributed by atoms with Crippen LogP contribution in [0.4, 0.5) is 0 Å². The van der Waals surface area contributed by atoms with Crippen molar-refractivity contribution in [2.45, 2.75) is 64.1 Å². The average Bonchev–Trinajstić information content (AvgIpc) is 2.45. The van der Waals surface area contributed by atoms with Gasteiger partial charge in [0, 0.05) is 12.1 Å². The maximum absolute atomic E-state index is 10.3. The molecule has 3 atom stereocenters. The van der Waals surface area contributed by atoms with E-state index in [1.165, 1.54) is 19.3 Å². The molecule has 2 rings (SSSR count). The zero-order valence-corrected chi connectivity index (χ0v) is 12.6. The van der Waals surface area contributed by atoms with Crippen LogP contribution >= 0.6 is 0 Å². The highest BCUT2D eigenvalue weighted by Gasteiger charge is 2.21. The van der Waals surface area contributed by atoms with Crippen LogP contribution in [0.5, 0.6) is 5.75 Å². The van der Waals surface area contributed by atoms with Crippen LogP contribution in [-0.4, -0.2) is 23.8 Å². The normalized spacial score (nSPS) is 24.4. The van der Waals surface area contributed by atoms with E-state index in [1.807, 2.05) is 24.3 Å². The lowest BCUT2D eigenvalue weighted by Gasteiger charge is -2.30. The van der Waals surface area contributed by atoms with Crippen LogP contribution in [0.2, 0.25) is 0 Å². The molecule has 2 N–H and O–H groups in total. The molecule has 1 aliphatic heterocycles. The number of aliphatic hydroxyl groups excluding tert-OH is 1. The van der Waals surface area contributed by atoms with E-state index in [4.69, 9.17) is 4.74 Å². The van der Waals surface area contributed by atoms with E-state index in [-0.39, 0.29) is 0 Å². The van der Waals surface area contributed by atoms with Gasteiger partial charge in [0.15, 0.2) is 0 Å². The Bertz CT molecular complexity index is 390. The third kappa shape index (κ3) is 4.50. The third-order valence-corrected chi connectivity index (χ3v) is 3.96. The molecule has 0 aliphatic carbocycles. The Balaban J connectivity index is 1.86. The predicted molar refractivity (Wildman–Crippen MR) is 82.0 cm³/mol. The first-order valence-electron chi connectivity index (χ1n) is 7.86. The molecule has 3 unspecified atom stereocenters. The zero-order chi connectivity index (χ0) is 14.4. The number of hydrogen-bond donors (Lipinski definition) is 2. The van der Waals surface area contributed by atoms with Gasteiger partial charge in [-0.2, -0.15) is 0 Å². The van der Waals surface area contributed by atoms with Crippen molar-refractivity contribution < 1.29 is 9.84 Å². The summed E-state index contributed by atoms with van der Waals surface area (Å²) in [5.74, 6) is 0.882. The van der Waals surface area contributed by atoms with Gasteiger partial charge in [-0.25, -0.2) is 0 Å². The van der Waals surface area contributed by atoms with E-state index in [2.05, 4.69) is 19.2 Å². The molecular formula is C17H27NO2. The van der Waals surface area contributed by atoms with E-state index < -0.39 is 6.10 Å². The molecule has 20 heavy (non-hydrogen) atoms. The number of rotatable bonds is 6. The van der Waals surface area contributed by atoms with E-state index in [1.54, 1.807) is 0 Å². The topological polar surface area (TPSA) is 41.5 Å². The molecule has 1 aromatic carbocycles. The summed E-state index contributed by atoms with van der Waals surface area (Å²) >= 11 is 0. The molecule has 0 aromatic heterocycles. The lowest BCUT2D eigenvalue weighted by Crippen LogP contribution is -2.41. The molecule has 0 spiro atoms. The second-order valence-corrected chi connectivity index (χ2v) is 5.86. The first-order valence-corrected chi connectivity index (χ1v) is 7.86. The van der Waals surface area contributed by atoms with E-state index in [0.29, 0.717) is 12.1 Å². The van der Waals surface area contributed by atoms with Crippen molar-refractivity contribution in [2.24, 2.45) is 0 Å². The number of aliphatic hydroxyl groups is 1. The summed E-state index contributed by atoms with van der Waals surface area (Å²) < 4.78 is 5.56. The second-order valence-electron chi connectivity index (χ2n) is 5.86. The van der Waals surface area contributed by atoms with Crippen molar-refractivity contribution in [3.63, 3.8) is 0 Å². The average molecular weight is 277 g/mol. The van der Waals surface area contributed by atoms with Gasteiger partial charge in [-0.1, -0.05) is 25.5 Å². The molecule has 112 valence electrons. The van der Waals surface area contributed by atoms with Gasteiger partial charge in [-0.05, 0) is 50.3 Å². The maximum Gasteiger partial charge on any atom is 0.119 e. The molecule has 0 saturated carbocycles. The monoisotopic (exact) mass is 277 g/mol. The van der Waals surface area contributed by atoms with Crippen molar-refractivity contribution in [1.82, 2.24) is 5.32 Å². The Labute approximate surface area is 122 Å². The van der Waals surface area contributed by atoms with Gasteiger partial charge < -0.3 is 15.2 Å². The number of hydrogen-bond acceptors (Lipinski definition) is 3. The molecule has 3 nitrogen and oxygen atoms in total. The number of benzene rings is 1. The smallest absolute Gasteiger partial charge is 0.119 e. The van der Waals surface area contributed by atoms with Crippen molar-refractivity contribution in [1.29, 1.82) is 0 Å². The predicted octanol–water partition coefficient (Wildman–Crippen LogP) is 3.43. The summed E-state index contributed by atoms with van der Waals surface area (Å²) in [6.45, 7) is 5.06. The minimum Gasteiger partial charge on any atom is -0.494 e. The van der Waals surface area contributed by atoms with Crippen molar-refractivity contribution in [2.75, 3.05) is 6.61 Å². The SMILES string of the molecule is CCCOc1ccc(C(O)CC2CCCC(C)N2)cc1. The molecule has 0 bridgehead atoms. The molecule has 1 aliphatic rings. The van der Waals surface area contributed by atoms with Gasteiger partial charge in [0.2, 0.25) is 0 Å². The first-order chi connectivity index (χ1) is 9.69. The molecule has 0 amide bonds. The summed E-state index contributed by atoms with van der Waals surface area (Å²) in [6, 6.07) is 8.86. The quantitative estimate of drug-likeness (QED) is 0.837.